The van der Waals surface area contributed by atoms with E-state index < -0.39 is 17.7 Å². The standard InChI is InChI=1S/C19H14F3NO2S/c20-19(21,22)14-6-2-1-5-12(14)11-13(9-10-17(24)25)18-23-15-7-3-4-8-16(15)26-18/h1-8,11H,9-10H2,(H,24,25)/p-1/b13-11+. The third-order valence-electron chi connectivity index (χ3n) is 3.76. The zero-order chi connectivity index (χ0) is 18.7. The van der Waals surface area contributed by atoms with Crippen molar-refractivity contribution < 1.29 is 23.1 Å². The number of aromatic nitrogens is 1. The van der Waals surface area contributed by atoms with Gasteiger partial charge in [0, 0.05) is 5.97 Å². The smallest absolute Gasteiger partial charge is 0.416 e. The number of alkyl halides is 3. The molecule has 7 heteroatoms. The van der Waals surface area contributed by atoms with Crippen LogP contribution in [0.1, 0.15) is 29.0 Å². The molecular weight excluding hydrogens is 363 g/mol. The number of carboxylic acid groups (broad SMARTS) is 1. The summed E-state index contributed by atoms with van der Waals surface area (Å²) in [5.74, 6) is -1.26. The molecule has 0 aliphatic carbocycles. The Balaban J connectivity index is 2.09. The summed E-state index contributed by atoms with van der Waals surface area (Å²) in [5, 5.41) is 11.4. The number of benzene rings is 2. The van der Waals surface area contributed by atoms with E-state index in [9.17, 15) is 23.1 Å². The number of carboxylic acids is 1. The lowest BCUT2D eigenvalue weighted by Gasteiger charge is -2.12. The zero-order valence-corrected chi connectivity index (χ0v) is 14.2. The van der Waals surface area contributed by atoms with Gasteiger partial charge in [0.15, 0.2) is 0 Å². The van der Waals surface area contributed by atoms with Crippen LogP contribution in [0.2, 0.25) is 0 Å². The molecule has 1 heterocycles. The highest BCUT2D eigenvalue weighted by molar-refractivity contribution is 7.19. The third-order valence-corrected chi connectivity index (χ3v) is 4.87. The fraction of sp³-hybridized carbons (Fsp3) is 0.158. The van der Waals surface area contributed by atoms with Crippen molar-refractivity contribution in [3.8, 4) is 0 Å². The minimum atomic E-state index is -4.50. The van der Waals surface area contributed by atoms with Crippen LogP contribution < -0.4 is 5.11 Å². The zero-order valence-electron chi connectivity index (χ0n) is 13.4. The first kappa shape index (κ1) is 18.1. The van der Waals surface area contributed by atoms with Gasteiger partial charge in [0.25, 0.3) is 0 Å². The molecule has 3 aromatic rings. The van der Waals surface area contributed by atoms with Gasteiger partial charge in [-0.05, 0) is 48.3 Å². The maximum absolute atomic E-state index is 13.2. The molecule has 0 saturated heterocycles. The first-order valence-electron chi connectivity index (χ1n) is 7.77. The molecule has 0 saturated carbocycles. The van der Waals surface area contributed by atoms with E-state index in [2.05, 4.69) is 4.98 Å². The number of carbonyl (C=O) groups is 1. The van der Waals surface area contributed by atoms with Crippen LogP contribution in [-0.4, -0.2) is 11.0 Å². The van der Waals surface area contributed by atoms with Gasteiger partial charge in [-0.1, -0.05) is 30.3 Å². The van der Waals surface area contributed by atoms with Crippen molar-refractivity contribution in [2.75, 3.05) is 0 Å². The molecule has 0 amide bonds. The van der Waals surface area contributed by atoms with Gasteiger partial charge in [-0.3, -0.25) is 0 Å². The number of fused-ring (bicyclic) bond motifs is 1. The van der Waals surface area contributed by atoms with Crippen LogP contribution in [0, 0.1) is 0 Å². The number of thiazole rings is 1. The van der Waals surface area contributed by atoms with Crippen molar-refractivity contribution in [2.24, 2.45) is 0 Å². The van der Waals surface area contributed by atoms with Crippen molar-refractivity contribution in [1.82, 2.24) is 4.98 Å². The van der Waals surface area contributed by atoms with Gasteiger partial charge < -0.3 is 9.90 Å². The number of halogens is 3. The lowest BCUT2D eigenvalue weighted by atomic mass is 10.0. The van der Waals surface area contributed by atoms with Crippen LogP contribution in [0.3, 0.4) is 0 Å². The maximum Gasteiger partial charge on any atom is 0.416 e. The van der Waals surface area contributed by atoms with E-state index in [4.69, 9.17) is 0 Å². The number of hydrogen-bond acceptors (Lipinski definition) is 4. The highest BCUT2D eigenvalue weighted by Gasteiger charge is 2.32. The monoisotopic (exact) mass is 376 g/mol. The molecular formula is C19H13F3NO2S-. The Hall–Kier alpha value is -2.67. The van der Waals surface area contributed by atoms with Crippen LogP contribution in [-0.2, 0) is 11.0 Å². The Kier molecular flexibility index (Phi) is 5.08. The lowest BCUT2D eigenvalue weighted by Crippen LogP contribution is -2.21. The van der Waals surface area contributed by atoms with Gasteiger partial charge in [0.1, 0.15) is 5.01 Å². The van der Waals surface area contributed by atoms with Crippen LogP contribution >= 0.6 is 11.3 Å². The number of para-hydroxylation sites is 1. The van der Waals surface area contributed by atoms with Gasteiger partial charge in [0.2, 0.25) is 0 Å². The fourth-order valence-corrected chi connectivity index (χ4v) is 3.57. The second kappa shape index (κ2) is 7.29. The topological polar surface area (TPSA) is 53.0 Å². The largest absolute Gasteiger partial charge is 0.550 e. The third kappa shape index (κ3) is 4.11. The van der Waals surface area contributed by atoms with Gasteiger partial charge in [0.05, 0.1) is 15.8 Å². The molecule has 0 bridgehead atoms. The molecule has 0 radical (unpaired) electrons. The van der Waals surface area contributed by atoms with Crippen molar-refractivity contribution in [3.63, 3.8) is 0 Å². The summed E-state index contributed by atoms with van der Waals surface area (Å²) in [7, 11) is 0. The second-order valence-corrected chi connectivity index (χ2v) is 6.64. The van der Waals surface area contributed by atoms with Crippen LogP contribution in [0.25, 0.3) is 21.9 Å². The molecule has 3 nitrogen and oxygen atoms in total. The van der Waals surface area contributed by atoms with Gasteiger partial charge in [-0.2, -0.15) is 13.2 Å². The first-order chi connectivity index (χ1) is 12.3. The summed E-state index contributed by atoms with van der Waals surface area (Å²) in [4.78, 5) is 15.3. The predicted octanol–water partition coefficient (Wildman–Crippen LogP) is 4.39. The Morgan fingerprint density at radius 2 is 1.77 bits per heavy atom. The summed E-state index contributed by atoms with van der Waals surface area (Å²) >= 11 is 1.32. The normalized spacial score (nSPS) is 12.5. The van der Waals surface area contributed by atoms with Crippen molar-refractivity contribution in [1.29, 1.82) is 0 Å². The minimum absolute atomic E-state index is 0.0207. The molecule has 0 atom stereocenters. The van der Waals surface area contributed by atoms with Gasteiger partial charge >= 0.3 is 6.18 Å². The number of hydrogen-bond donors (Lipinski definition) is 0. The molecule has 0 spiro atoms. The second-order valence-electron chi connectivity index (χ2n) is 5.61. The molecule has 134 valence electrons. The number of allylic oxidation sites excluding steroid dienone is 1. The van der Waals surface area contributed by atoms with E-state index in [0.717, 1.165) is 16.3 Å². The number of carbonyl (C=O) groups excluding carboxylic acids is 1. The van der Waals surface area contributed by atoms with Crippen molar-refractivity contribution >= 4 is 39.2 Å². The van der Waals surface area contributed by atoms with E-state index in [1.165, 1.54) is 35.6 Å². The molecule has 3 rings (SSSR count). The summed E-state index contributed by atoms with van der Waals surface area (Å²) < 4.78 is 40.6. The highest BCUT2D eigenvalue weighted by atomic mass is 32.1. The maximum atomic E-state index is 13.2. The number of rotatable bonds is 5. The quantitative estimate of drug-likeness (QED) is 0.664. The van der Waals surface area contributed by atoms with Crippen LogP contribution in [0.15, 0.2) is 48.5 Å². The van der Waals surface area contributed by atoms with Crippen LogP contribution in [0.4, 0.5) is 13.2 Å². The average Bonchev–Trinajstić information content (AvgIpc) is 3.01. The summed E-state index contributed by atoms with van der Waals surface area (Å²) in [6.07, 6.45) is -3.39. The Labute approximate surface area is 151 Å². The van der Waals surface area contributed by atoms with Crippen LogP contribution in [0.5, 0.6) is 0 Å². The molecule has 1 aromatic heterocycles. The van der Waals surface area contributed by atoms with Crippen molar-refractivity contribution in [2.45, 2.75) is 19.0 Å². The Morgan fingerprint density at radius 1 is 1.08 bits per heavy atom. The average molecular weight is 376 g/mol. The minimum Gasteiger partial charge on any atom is -0.550 e. The van der Waals surface area contributed by atoms with E-state index in [-0.39, 0.29) is 18.4 Å². The molecule has 0 unspecified atom stereocenters. The van der Waals surface area contributed by atoms with Gasteiger partial charge in [-0.15, -0.1) is 11.3 Å². The summed E-state index contributed by atoms with van der Waals surface area (Å²) in [6, 6.07) is 12.5. The summed E-state index contributed by atoms with van der Waals surface area (Å²) in [6.45, 7) is 0. The van der Waals surface area contributed by atoms with E-state index in [1.807, 2.05) is 18.2 Å². The van der Waals surface area contributed by atoms with E-state index in [1.54, 1.807) is 6.07 Å². The molecule has 2 aromatic carbocycles. The Bertz CT molecular complexity index is 943. The highest BCUT2D eigenvalue weighted by Crippen LogP contribution is 2.36. The number of nitrogens with zero attached hydrogens (tertiary/aromatic N) is 1. The predicted molar refractivity (Wildman–Crippen MR) is 93.2 cm³/mol. The van der Waals surface area contributed by atoms with E-state index in [0.29, 0.717) is 10.6 Å². The molecule has 26 heavy (non-hydrogen) atoms. The first-order valence-corrected chi connectivity index (χ1v) is 8.59. The number of aliphatic carboxylic acids is 1. The fourth-order valence-electron chi connectivity index (χ4n) is 2.56. The summed E-state index contributed by atoms with van der Waals surface area (Å²) in [5.41, 5.74) is 0.364. The van der Waals surface area contributed by atoms with Gasteiger partial charge in [-0.25, -0.2) is 4.98 Å². The molecule has 0 aliphatic heterocycles. The lowest BCUT2D eigenvalue weighted by molar-refractivity contribution is -0.305. The van der Waals surface area contributed by atoms with Crippen molar-refractivity contribution in [3.05, 3.63) is 64.7 Å². The van der Waals surface area contributed by atoms with E-state index >= 15 is 0 Å². The molecule has 0 aliphatic rings. The Morgan fingerprint density at radius 3 is 2.46 bits per heavy atom. The molecule has 0 N–H and O–H groups in total. The SMILES string of the molecule is O=C([O-])CC/C(=C\c1ccccc1C(F)(F)F)c1nc2ccccc2s1. The molecule has 0 fully saturated rings.